The van der Waals surface area contributed by atoms with Crippen molar-refractivity contribution in [2.75, 3.05) is 26.0 Å². The van der Waals surface area contributed by atoms with E-state index in [9.17, 15) is 13.2 Å². The predicted octanol–water partition coefficient (Wildman–Crippen LogP) is 0.465. The highest BCUT2D eigenvalue weighted by atomic mass is 32.2. The van der Waals surface area contributed by atoms with Crippen molar-refractivity contribution in [3.8, 4) is 0 Å². The summed E-state index contributed by atoms with van der Waals surface area (Å²) in [5, 5.41) is 6.64. The number of rotatable bonds is 5. The lowest BCUT2D eigenvalue weighted by atomic mass is 10.0. The molecule has 0 aromatic carbocycles. The van der Waals surface area contributed by atoms with Gasteiger partial charge in [-0.15, -0.1) is 0 Å². The number of sulfonamides is 1. The Morgan fingerprint density at radius 1 is 1.52 bits per heavy atom. The minimum Gasteiger partial charge on any atom is -0.363 e. The summed E-state index contributed by atoms with van der Waals surface area (Å²) in [6.07, 6.45) is 1.12. The molecule has 2 heterocycles. The van der Waals surface area contributed by atoms with E-state index in [1.807, 2.05) is 13.8 Å². The van der Waals surface area contributed by atoms with E-state index in [0.717, 1.165) is 11.9 Å². The lowest BCUT2D eigenvalue weighted by Crippen LogP contribution is -2.59. The zero-order chi connectivity index (χ0) is 17.3. The molecule has 0 unspecified atom stereocenters. The third-order valence-corrected chi connectivity index (χ3v) is 5.03. The first-order valence-corrected chi connectivity index (χ1v) is 9.29. The van der Waals surface area contributed by atoms with Crippen LogP contribution in [0, 0.1) is 0 Å². The number of nitrogens with one attached hydrogen (secondary N) is 1. The Morgan fingerprint density at radius 3 is 2.78 bits per heavy atom. The standard InChI is InChI=1S/C14H23N3O5S/c1-10(2)12-7-11(22-16-12)8-15-13(18)14(3)9-17(5-6-21-14)23(4,19)20/h7,10H,5-6,8-9H2,1-4H3,(H,15,18)/t14-/m0/s1. The number of morpholine rings is 1. The SMILES string of the molecule is CC(C)c1cc(CNC(=O)[C@]2(C)CN(S(C)(=O)=O)CCO2)on1. The molecule has 23 heavy (non-hydrogen) atoms. The molecular weight excluding hydrogens is 322 g/mol. The van der Waals surface area contributed by atoms with Crippen molar-refractivity contribution >= 4 is 15.9 Å². The highest BCUT2D eigenvalue weighted by Gasteiger charge is 2.41. The molecular formula is C14H23N3O5S. The summed E-state index contributed by atoms with van der Waals surface area (Å²) < 4.78 is 35.2. The van der Waals surface area contributed by atoms with Gasteiger partial charge in [0.15, 0.2) is 11.4 Å². The van der Waals surface area contributed by atoms with Gasteiger partial charge in [-0.1, -0.05) is 19.0 Å². The van der Waals surface area contributed by atoms with E-state index < -0.39 is 15.6 Å². The average Bonchev–Trinajstić information content (AvgIpc) is 2.93. The second-order valence-electron chi connectivity index (χ2n) is 6.23. The van der Waals surface area contributed by atoms with Crippen LogP contribution in [0.3, 0.4) is 0 Å². The maximum absolute atomic E-state index is 12.4. The van der Waals surface area contributed by atoms with E-state index in [-0.39, 0.29) is 38.1 Å². The van der Waals surface area contributed by atoms with Crippen LogP contribution in [0.25, 0.3) is 0 Å². The van der Waals surface area contributed by atoms with Gasteiger partial charge in [0.25, 0.3) is 5.91 Å². The average molecular weight is 345 g/mol. The number of nitrogens with zero attached hydrogens (tertiary/aromatic N) is 2. The summed E-state index contributed by atoms with van der Waals surface area (Å²) in [5.74, 6) is 0.403. The predicted molar refractivity (Wildman–Crippen MR) is 83.2 cm³/mol. The molecule has 1 amide bonds. The molecule has 130 valence electrons. The molecule has 0 aliphatic carbocycles. The van der Waals surface area contributed by atoms with Gasteiger partial charge in [-0.3, -0.25) is 4.79 Å². The molecule has 9 heteroatoms. The molecule has 8 nitrogen and oxygen atoms in total. The molecule has 1 N–H and O–H groups in total. The highest BCUT2D eigenvalue weighted by Crippen LogP contribution is 2.20. The zero-order valence-electron chi connectivity index (χ0n) is 13.8. The molecule has 0 saturated carbocycles. The van der Waals surface area contributed by atoms with E-state index in [1.165, 1.54) is 4.31 Å². The van der Waals surface area contributed by atoms with E-state index in [4.69, 9.17) is 9.26 Å². The van der Waals surface area contributed by atoms with Gasteiger partial charge in [-0.05, 0) is 12.8 Å². The van der Waals surface area contributed by atoms with Crippen molar-refractivity contribution in [2.45, 2.75) is 38.8 Å². The van der Waals surface area contributed by atoms with Crippen LogP contribution in [0.4, 0.5) is 0 Å². The van der Waals surface area contributed by atoms with Crippen LogP contribution in [0.15, 0.2) is 10.6 Å². The molecule has 1 atom stereocenters. The maximum atomic E-state index is 12.4. The monoisotopic (exact) mass is 345 g/mol. The molecule has 1 aromatic rings. The van der Waals surface area contributed by atoms with Crippen LogP contribution in [0.5, 0.6) is 0 Å². The van der Waals surface area contributed by atoms with Crippen molar-refractivity contribution in [1.29, 1.82) is 0 Å². The molecule has 1 aliphatic heterocycles. The van der Waals surface area contributed by atoms with Crippen LogP contribution in [-0.2, 0) is 26.1 Å². The van der Waals surface area contributed by atoms with Gasteiger partial charge >= 0.3 is 0 Å². The number of carbonyl (C=O) groups excluding carboxylic acids is 1. The Kier molecular flexibility index (Phi) is 5.12. The van der Waals surface area contributed by atoms with Crippen molar-refractivity contribution in [2.24, 2.45) is 0 Å². The van der Waals surface area contributed by atoms with Crippen molar-refractivity contribution in [3.05, 3.63) is 17.5 Å². The van der Waals surface area contributed by atoms with Gasteiger partial charge in [0.1, 0.15) is 0 Å². The Labute approximate surface area is 136 Å². The number of aromatic nitrogens is 1. The molecule has 0 radical (unpaired) electrons. The van der Waals surface area contributed by atoms with Gasteiger partial charge in [0, 0.05) is 12.6 Å². The van der Waals surface area contributed by atoms with Crippen LogP contribution < -0.4 is 5.32 Å². The maximum Gasteiger partial charge on any atom is 0.253 e. The molecule has 1 fully saturated rings. The smallest absolute Gasteiger partial charge is 0.253 e. The Bertz CT molecular complexity index is 670. The minimum atomic E-state index is -3.36. The number of amides is 1. The van der Waals surface area contributed by atoms with Gasteiger partial charge in [0.2, 0.25) is 10.0 Å². The summed E-state index contributed by atoms with van der Waals surface area (Å²) in [4.78, 5) is 12.4. The number of ether oxygens (including phenoxy) is 1. The van der Waals surface area contributed by atoms with Crippen molar-refractivity contribution in [3.63, 3.8) is 0 Å². The Morgan fingerprint density at radius 2 is 2.22 bits per heavy atom. The third kappa shape index (κ3) is 4.30. The largest absolute Gasteiger partial charge is 0.363 e. The van der Waals surface area contributed by atoms with Gasteiger partial charge in [0.05, 0.1) is 31.6 Å². The minimum absolute atomic E-state index is 0.00862. The summed E-state index contributed by atoms with van der Waals surface area (Å²) in [6, 6.07) is 1.79. The Balaban J connectivity index is 1.98. The number of carbonyl (C=O) groups is 1. The summed E-state index contributed by atoms with van der Waals surface area (Å²) in [6.45, 7) is 6.17. The summed E-state index contributed by atoms with van der Waals surface area (Å²) in [5.41, 5.74) is -0.403. The second kappa shape index (κ2) is 6.58. The fourth-order valence-corrected chi connectivity index (χ4v) is 3.18. The zero-order valence-corrected chi connectivity index (χ0v) is 14.6. The third-order valence-electron chi connectivity index (χ3n) is 3.78. The lowest BCUT2D eigenvalue weighted by molar-refractivity contribution is -0.152. The van der Waals surface area contributed by atoms with Crippen LogP contribution in [0.1, 0.15) is 38.1 Å². The highest BCUT2D eigenvalue weighted by molar-refractivity contribution is 7.88. The Hall–Kier alpha value is -1.45. The number of hydrogen-bond donors (Lipinski definition) is 1. The topological polar surface area (TPSA) is 102 Å². The lowest BCUT2D eigenvalue weighted by Gasteiger charge is -2.37. The normalized spacial score (nSPS) is 23.2. The van der Waals surface area contributed by atoms with E-state index in [1.54, 1.807) is 13.0 Å². The first kappa shape index (κ1) is 17.9. The van der Waals surface area contributed by atoms with Crippen LogP contribution in [0.2, 0.25) is 0 Å². The summed E-state index contributed by atoms with van der Waals surface area (Å²) >= 11 is 0. The van der Waals surface area contributed by atoms with E-state index in [0.29, 0.717) is 5.76 Å². The molecule has 2 rings (SSSR count). The van der Waals surface area contributed by atoms with Crippen molar-refractivity contribution in [1.82, 2.24) is 14.8 Å². The van der Waals surface area contributed by atoms with Crippen LogP contribution in [-0.4, -0.2) is 55.3 Å². The molecule has 1 aliphatic rings. The fraction of sp³-hybridized carbons (Fsp3) is 0.714. The van der Waals surface area contributed by atoms with Crippen LogP contribution >= 0.6 is 0 Å². The fourth-order valence-electron chi connectivity index (χ4n) is 2.29. The van der Waals surface area contributed by atoms with Gasteiger partial charge < -0.3 is 14.6 Å². The number of hydrogen-bond acceptors (Lipinski definition) is 6. The second-order valence-corrected chi connectivity index (χ2v) is 8.21. The molecule has 1 aromatic heterocycles. The van der Waals surface area contributed by atoms with Crippen molar-refractivity contribution < 1.29 is 22.5 Å². The molecule has 1 saturated heterocycles. The van der Waals surface area contributed by atoms with Gasteiger partial charge in [-0.2, -0.15) is 4.31 Å². The quantitative estimate of drug-likeness (QED) is 0.832. The van der Waals surface area contributed by atoms with E-state index >= 15 is 0 Å². The molecule has 0 spiro atoms. The van der Waals surface area contributed by atoms with E-state index in [2.05, 4.69) is 10.5 Å². The van der Waals surface area contributed by atoms with Gasteiger partial charge in [-0.25, -0.2) is 8.42 Å². The first-order valence-electron chi connectivity index (χ1n) is 7.45. The molecule has 0 bridgehead atoms. The first-order chi connectivity index (χ1) is 10.6. The summed E-state index contributed by atoms with van der Waals surface area (Å²) in [7, 11) is -3.36.